The second-order valence-electron chi connectivity index (χ2n) is 5.71. The Morgan fingerprint density at radius 3 is 2.38 bits per heavy atom. The predicted octanol–water partition coefficient (Wildman–Crippen LogP) is 4.69. The molecule has 0 radical (unpaired) electrons. The van der Waals surface area contributed by atoms with Gasteiger partial charge in [-0.3, -0.25) is 0 Å². The molecule has 0 spiro atoms. The van der Waals surface area contributed by atoms with Crippen LogP contribution >= 0.6 is 0 Å². The molecule has 21 heavy (non-hydrogen) atoms. The number of anilines is 1. The number of phenolic OH excluding ortho intramolecular Hbond substituents is 1. The third-order valence-corrected chi connectivity index (χ3v) is 3.92. The number of aromatic hydroxyl groups is 1. The van der Waals surface area contributed by atoms with Crippen molar-refractivity contribution in [1.29, 1.82) is 0 Å². The molecule has 112 valence electrons. The molecule has 3 heteroatoms. The predicted molar refractivity (Wildman–Crippen MR) is 85.3 cm³/mol. The molecule has 0 bridgehead atoms. The van der Waals surface area contributed by atoms with Gasteiger partial charge in [0.1, 0.15) is 11.6 Å². The van der Waals surface area contributed by atoms with Crippen molar-refractivity contribution in [1.82, 2.24) is 0 Å². The molecule has 0 fully saturated rings. The molecule has 1 unspecified atom stereocenters. The average molecular weight is 287 g/mol. The van der Waals surface area contributed by atoms with Crippen LogP contribution in [0.15, 0.2) is 42.5 Å². The molecule has 2 N–H and O–H groups in total. The number of hydrogen-bond acceptors (Lipinski definition) is 2. The first kappa shape index (κ1) is 15.4. The van der Waals surface area contributed by atoms with E-state index < -0.39 is 0 Å². The van der Waals surface area contributed by atoms with E-state index in [9.17, 15) is 9.50 Å². The molecule has 0 saturated carbocycles. The van der Waals surface area contributed by atoms with Crippen LogP contribution < -0.4 is 5.32 Å². The minimum absolute atomic E-state index is 0.111. The molecule has 0 amide bonds. The summed E-state index contributed by atoms with van der Waals surface area (Å²) in [7, 11) is 0. The molecule has 2 nitrogen and oxygen atoms in total. The van der Waals surface area contributed by atoms with Crippen LogP contribution in [0, 0.1) is 18.7 Å². The molecule has 0 aromatic heterocycles. The van der Waals surface area contributed by atoms with Crippen molar-refractivity contribution in [3.63, 3.8) is 0 Å². The molecule has 2 rings (SSSR count). The smallest absolute Gasteiger partial charge is 0.146 e. The Balaban J connectivity index is 2.19. The summed E-state index contributed by atoms with van der Waals surface area (Å²) in [5.74, 6) is 0.494. The maximum absolute atomic E-state index is 13.9. The van der Waals surface area contributed by atoms with Crippen molar-refractivity contribution < 1.29 is 9.50 Å². The highest BCUT2D eigenvalue weighted by Gasteiger charge is 2.17. The van der Waals surface area contributed by atoms with Gasteiger partial charge in [0.25, 0.3) is 0 Å². The lowest BCUT2D eigenvalue weighted by Gasteiger charge is -2.23. The van der Waals surface area contributed by atoms with E-state index in [1.54, 1.807) is 6.92 Å². The number of nitrogens with one attached hydrogen (secondary N) is 1. The summed E-state index contributed by atoms with van der Waals surface area (Å²) in [6, 6.07) is 12.9. The molecule has 0 aliphatic carbocycles. The number of halogens is 1. The van der Waals surface area contributed by atoms with Crippen LogP contribution in [-0.4, -0.2) is 11.7 Å². The van der Waals surface area contributed by atoms with Gasteiger partial charge in [-0.25, -0.2) is 4.39 Å². The monoisotopic (exact) mass is 287 g/mol. The lowest BCUT2D eigenvalue weighted by molar-refractivity contribution is 0.468. The maximum atomic E-state index is 13.9. The van der Waals surface area contributed by atoms with Crippen molar-refractivity contribution >= 4 is 5.69 Å². The lowest BCUT2D eigenvalue weighted by Crippen LogP contribution is -2.18. The van der Waals surface area contributed by atoms with Gasteiger partial charge in [-0.05, 0) is 30.5 Å². The minimum Gasteiger partial charge on any atom is -0.508 e. The fourth-order valence-corrected chi connectivity index (χ4v) is 2.54. The zero-order valence-corrected chi connectivity index (χ0v) is 12.7. The van der Waals surface area contributed by atoms with Crippen LogP contribution in [0.1, 0.15) is 30.9 Å². The van der Waals surface area contributed by atoms with E-state index in [-0.39, 0.29) is 17.5 Å². The molecule has 2 aromatic rings. The largest absolute Gasteiger partial charge is 0.508 e. The van der Waals surface area contributed by atoms with Crippen LogP contribution in [0.4, 0.5) is 10.1 Å². The Morgan fingerprint density at radius 1 is 1.10 bits per heavy atom. The van der Waals surface area contributed by atoms with Crippen LogP contribution in [0.3, 0.4) is 0 Å². The first-order valence-corrected chi connectivity index (χ1v) is 7.27. The summed E-state index contributed by atoms with van der Waals surface area (Å²) >= 11 is 0. The van der Waals surface area contributed by atoms with E-state index in [0.29, 0.717) is 23.7 Å². The van der Waals surface area contributed by atoms with Gasteiger partial charge in [-0.2, -0.15) is 0 Å². The highest BCUT2D eigenvalue weighted by atomic mass is 19.1. The highest BCUT2D eigenvalue weighted by molar-refractivity contribution is 5.57. The van der Waals surface area contributed by atoms with E-state index >= 15 is 0 Å². The second-order valence-corrected chi connectivity index (χ2v) is 5.71. The molecule has 2 aromatic carbocycles. The van der Waals surface area contributed by atoms with Crippen LogP contribution in [0.5, 0.6) is 5.75 Å². The first-order chi connectivity index (χ1) is 10.0. The van der Waals surface area contributed by atoms with Gasteiger partial charge >= 0.3 is 0 Å². The molecular weight excluding hydrogens is 265 g/mol. The van der Waals surface area contributed by atoms with Gasteiger partial charge in [0.15, 0.2) is 0 Å². The van der Waals surface area contributed by atoms with E-state index in [1.165, 1.54) is 17.7 Å². The second kappa shape index (κ2) is 6.61. The van der Waals surface area contributed by atoms with Gasteiger partial charge in [0.05, 0.1) is 5.69 Å². The zero-order valence-electron chi connectivity index (χ0n) is 12.7. The normalized spacial score (nSPS) is 12.4. The Hall–Kier alpha value is -2.03. The number of benzene rings is 2. The van der Waals surface area contributed by atoms with Gasteiger partial charge in [-0.15, -0.1) is 0 Å². The summed E-state index contributed by atoms with van der Waals surface area (Å²) in [6.07, 6.45) is 0. The van der Waals surface area contributed by atoms with Gasteiger partial charge in [0, 0.05) is 18.0 Å². The number of hydrogen-bond donors (Lipinski definition) is 2. The summed E-state index contributed by atoms with van der Waals surface area (Å²) in [6.45, 7) is 6.66. The van der Waals surface area contributed by atoms with Crippen molar-refractivity contribution in [2.24, 2.45) is 5.92 Å². The molecule has 0 saturated heterocycles. The standard InChI is InChI=1S/C18H22FNO/c1-12(2)15(14-7-5-4-6-8-14)11-20-18-13(3)17(21)10-9-16(18)19/h4-10,12,15,20-21H,11H2,1-3H3. The van der Waals surface area contributed by atoms with Crippen LogP contribution in [0.2, 0.25) is 0 Å². The third-order valence-electron chi connectivity index (χ3n) is 3.92. The Bertz CT molecular complexity index is 596. The molecule has 1 atom stereocenters. The summed E-state index contributed by atoms with van der Waals surface area (Å²) < 4.78 is 13.9. The summed E-state index contributed by atoms with van der Waals surface area (Å²) in [5.41, 5.74) is 2.17. The van der Waals surface area contributed by atoms with Crippen molar-refractivity contribution in [2.45, 2.75) is 26.7 Å². The molecular formula is C18H22FNO. The van der Waals surface area contributed by atoms with E-state index in [0.717, 1.165) is 0 Å². The van der Waals surface area contributed by atoms with Gasteiger partial charge in [-0.1, -0.05) is 44.2 Å². The van der Waals surface area contributed by atoms with Crippen molar-refractivity contribution in [3.8, 4) is 5.75 Å². The minimum atomic E-state index is -0.333. The highest BCUT2D eigenvalue weighted by Crippen LogP contribution is 2.30. The average Bonchev–Trinajstić information content (AvgIpc) is 2.47. The first-order valence-electron chi connectivity index (χ1n) is 7.27. The fourth-order valence-electron chi connectivity index (χ4n) is 2.54. The Labute approximate surface area is 125 Å². The zero-order chi connectivity index (χ0) is 15.4. The van der Waals surface area contributed by atoms with Crippen LogP contribution in [0.25, 0.3) is 0 Å². The topological polar surface area (TPSA) is 32.3 Å². The molecule has 0 heterocycles. The number of phenols is 1. The third kappa shape index (κ3) is 3.54. The summed E-state index contributed by atoms with van der Waals surface area (Å²) in [5, 5.41) is 12.9. The Morgan fingerprint density at radius 2 is 1.76 bits per heavy atom. The van der Waals surface area contributed by atoms with Gasteiger partial charge < -0.3 is 10.4 Å². The van der Waals surface area contributed by atoms with E-state index in [2.05, 4.69) is 31.3 Å². The number of rotatable bonds is 5. The Kier molecular flexibility index (Phi) is 4.84. The maximum Gasteiger partial charge on any atom is 0.146 e. The quantitative estimate of drug-likeness (QED) is 0.836. The summed E-state index contributed by atoms with van der Waals surface area (Å²) in [4.78, 5) is 0. The molecule has 0 aliphatic heterocycles. The van der Waals surface area contributed by atoms with E-state index in [1.807, 2.05) is 18.2 Å². The van der Waals surface area contributed by atoms with Crippen LogP contribution in [-0.2, 0) is 0 Å². The van der Waals surface area contributed by atoms with E-state index in [4.69, 9.17) is 0 Å². The lowest BCUT2D eigenvalue weighted by atomic mass is 9.88. The SMILES string of the molecule is Cc1c(O)ccc(F)c1NCC(c1ccccc1)C(C)C. The van der Waals surface area contributed by atoms with Crippen molar-refractivity contribution in [2.75, 3.05) is 11.9 Å². The molecule has 0 aliphatic rings. The fraction of sp³-hybridized carbons (Fsp3) is 0.333. The van der Waals surface area contributed by atoms with Gasteiger partial charge in [0.2, 0.25) is 0 Å². The van der Waals surface area contributed by atoms with Crippen molar-refractivity contribution in [3.05, 3.63) is 59.4 Å².